The summed E-state index contributed by atoms with van der Waals surface area (Å²) in [6, 6.07) is 9.73. The van der Waals surface area contributed by atoms with E-state index in [1.165, 1.54) is 0 Å². The molecule has 1 atom stereocenters. The van der Waals surface area contributed by atoms with Crippen LogP contribution in [0.15, 0.2) is 35.3 Å². The molecule has 1 aromatic rings. The van der Waals surface area contributed by atoms with Crippen LogP contribution in [0.1, 0.15) is 18.9 Å². The second-order valence-corrected chi connectivity index (χ2v) is 6.69. The molecule has 0 spiro atoms. The quantitative estimate of drug-likeness (QED) is 0.735. The number of rotatable bonds is 2. The fourth-order valence-corrected chi connectivity index (χ4v) is 3.93. The van der Waals surface area contributed by atoms with E-state index in [9.17, 15) is 8.42 Å². The maximum Gasteiger partial charge on any atom is 0.152 e. The van der Waals surface area contributed by atoms with E-state index in [-0.39, 0.29) is 11.5 Å². The van der Waals surface area contributed by atoms with Gasteiger partial charge in [-0.25, -0.2) is 8.42 Å². The highest BCUT2D eigenvalue weighted by Crippen LogP contribution is 2.26. The summed E-state index contributed by atoms with van der Waals surface area (Å²) in [6.45, 7) is 1.90. The monoisotopic (exact) mass is 237 g/mol. The van der Waals surface area contributed by atoms with Gasteiger partial charge in [0.15, 0.2) is 9.84 Å². The smallest absolute Gasteiger partial charge is 0.152 e. The zero-order valence-corrected chi connectivity index (χ0v) is 10.1. The minimum absolute atomic E-state index is 0.170. The van der Waals surface area contributed by atoms with Gasteiger partial charge in [-0.1, -0.05) is 30.3 Å². The third kappa shape index (κ3) is 2.70. The summed E-state index contributed by atoms with van der Waals surface area (Å²) in [6.07, 6.45) is 2.39. The lowest BCUT2D eigenvalue weighted by Gasteiger charge is -2.15. The molecule has 0 bridgehead atoms. The molecule has 0 radical (unpaired) electrons. The van der Waals surface area contributed by atoms with Crippen molar-refractivity contribution >= 4 is 16.1 Å². The molecule has 0 saturated carbocycles. The number of hydrogen-bond donors (Lipinski definition) is 0. The first-order valence-corrected chi connectivity index (χ1v) is 7.12. The second-order valence-electron chi connectivity index (χ2n) is 4.51. The zero-order valence-electron chi connectivity index (χ0n) is 9.26. The van der Waals surface area contributed by atoms with Crippen molar-refractivity contribution in [3.63, 3.8) is 0 Å². The normalized spacial score (nSPS) is 28.6. The molecule has 4 heteroatoms. The van der Waals surface area contributed by atoms with Gasteiger partial charge < -0.3 is 0 Å². The van der Waals surface area contributed by atoms with Gasteiger partial charge >= 0.3 is 0 Å². The van der Waals surface area contributed by atoms with Crippen molar-refractivity contribution in [1.82, 2.24) is 0 Å². The SMILES string of the molecule is C[C@]1(N=Cc2ccccc2)CCS(=O)(=O)C1. The Balaban J connectivity index is 2.14. The number of aliphatic imine (C=N–C) groups is 1. The van der Waals surface area contributed by atoms with E-state index in [2.05, 4.69) is 4.99 Å². The Hall–Kier alpha value is -1.16. The minimum atomic E-state index is -2.87. The largest absolute Gasteiger partial charge is 0.285 e. The lowest BCUT2D eigenvalue weighted by atomic mass is 10.0. The Morgan fingerprint density at radius 3 is 2.56 bits per heavy atom. The fourth-order valence-electron chi connectivity index (χ4n) is 1.86. The van der Waals surface area contributed by atoms with Crippen LogP contribution in [0.5, 0.6) is 0 Å². The fraction of sp³-hybridized carbons (Fsp3) is 0.417. The average molecular weight is 237 g/mol. The molecule has 1 aromatic carbocycles. The van der Waals surface area contributed by atoms with Gasteiger partial charge in [-0.15, -0.1) is 0 Å². The molecule has 1 heterocycles. The Bertz CT molecular complexity index is 493. The Labute approximate surface area is 96.1 Å². The molecule has 0 amide bonds. The average Bonchev–Trinajstić information content (AvgIpc) is 2.53. The van der Waals surface area contributed by atoms with Gasteiger partial charge in [0, 0.05) is 6.21 Å². The van der Waals surface area contributed by atoms with E-state index in [4.69, 9.17) is 0 Å². The molecule has 0 unspecified atom stereocenters. The van der Waals surface area contributed by atoms with E-state index in [0.717, 1.165) is 5.56 Å². The summed E-state index contributed by atoms with van der Waals surface area (Å²) in [4.78, 5) is 4.42. The summed E-state index contributed by atoms with van der Waals surface area (Å²) < 4.78 is 22.8. The highest BCUT2D eigenvalue weighted by atomic mass is 32.2. The van der Waals surface area contributed by atoms with Crippen molar-refractivity contribution in [2.45, 2.75) is 18.9 Å². The molecule has 86 valence electrons. The van der Waals surface area contributed by atoms with Gasteiger partial charge in [0.2, 0.25) is 0 Å². The number of nitrogens with zero attached hydrogens (tertiary/aromatic N) is 1. The van der Waals surface area contributed by atoms with Crippen molar-refractivity contribution in [3.05, 3.63) is 35.9 Å². The van der Waals surface area contributed by atoms with E-state index >= 15 is 0 Å². The zero-order chi connectivity index (χ0) is 11.6. The first-order valence-electron chi connectivity index (χ1n) is 5.30. The first-order chi connectivity index (χ1) is 7.49. The van der Waals surface area contributed by atoms with E-state index in [1.54, 1.807) is 6.21 Å². The molecular formula is C12H15NO2S. The summed E-state index contributed by atoms with van der Waals surface area (Å²) in [7, 11) is -2.87. The predicted molar refractivity (Wildman–Crippen MR) is 65.7 cm³/mol. The van der Waals surface area contributed by atoms with Crippen molar-refractivity contribution in [1.29, 1.82) is 0 Å². The highest BCUT2D eigenvalue weighted by Gasteiger charge is 2.37. The van der Waals surface area contributed by atoms with Crippen molar-refractivity contribution in [3.8, 4) is 0 Å². The second kappa shape index (κ2) is 4.01. The van der Waals surface area contributed by atoms with Crippen molar-refractivity contribution < 1.29 is 8.42 Å². The summed E-state index contributed by atoms with van der Waals surface area (Å²) in [5.74, 6) is 0.430. The van der Waals surface area contributed by atoms with Crippen LogP contribution in [0.25, 0.3) is 0 Å². The van der Waals surface area contributed by atoms with Gasteiger partial charge in [0.1, 0.15) is 0 Å². The molecule has 1 fully saturated rings. The van der Waals surface area contributed by atoms with E-state index in [1.807, 2.05) is 37.3 Å². The number of sulfone groups is 1. The van der Waals surface area contributed by atoms with Crippen LogP contribution in [0, 0.1) is 0 Å². The Morgan fingerprint density at radius 1 is 1.31 bits per heavy atom. The van der Waals surface area contributed by atoms with Gasteiger partial charge in [0.25, 0.3) is 0 Å². The molecule has 0 N–H and O–H groups in total. The molecular weight excluding hydrogens is 222 g/mol. The first kappa shape index (κ1) is 11.3. The van der Waals surface area contributed by atoms with Gasteiger partial charge in [-0.3, -0.25) is 4.99 Å². The van der Waals surface area contributed by atoms with E-state index < -0.39 is 15.4 Å². The summed E-state index contributed by atoms with van der Waals surface area (Å²) in [5.41, 5.74) is 0.572. The van der Waals surface area contributed by atoms with Crippen LogP contribution >= 0.6 is 0 Å². The summed E-state index contributed by atoms with van der Waals surface area (Å²) in [5, 5.41) is 0. The number of hydrogen-bond acceptors (Lipinski definition) is 3. The van der Waals surface area contributed by atoms with Crippen LogP contribution in [0.3, 0.4) is 0 Å². The van der Waals surface area contributed by atoms with Gasteiger partial charge in [0.05, 0.1) is 17.0 Å². The third-order valence-electron chi connectivity index (χ3n) is 2.81. The molecule has 1 saturated heterocycles. The molecule has 0 aromatic heterocycles. The molecule has 1 aliphatic rings. The Kier molecular flexibility index (Phi) is 2.84. The van der Waals surface area contributed by atoms with Crippen LogP contribution in [0.4, 0.5) is 0 Å². The van der Waals surface area contributed by atoms with E-state index in [0.29, 0.717) is 6.42 Å². The molecule has 3 nitrogen and oxygen atoms in total. The molecule has 16 heavy (non-hydrogen) atoms. The number of benzene rings is 1. The molecule has 0 aliphatic carbocycles. The van der Waals surface area contributed by atoms with Crippen LogP contribution in [-0.4, -0.2) is 31.7 Å². The lowest BCUT2D eigenvalue weighted by molar-refractivity contribution is 0.536. The Morgan fingerprint density at radius 2 is 2.00 bits per heavy atom. The topological polar surface area (TPSA) is 46.5 Å². The summed E-state index contributed by atoms with van der Waals surface area (Å²) >= 11 is 0. The highest BCUT2D eigenvalue weighted by molar-refractivity contribution is 7.91. The molecule has 1 aliphatic heterocycles. The van der Waals surface area contributed by atoms with Crippen molar-refractivity contribution in [2.75, 3.05) is 11.5 Å². The predicted octanol–water partition coefficient (Wildman–Crippen LogP) is 1.68. The van der Waals surface area contributed by atoms with Crippen LogP contribution in [-0.2, 0) is 9.84 Å². The maximum absolute atomic E-state index is 11.4. The van der Waals surface area contributed by atoms with Crippen LogP contribution in [0.2, 0.25) is 0 Å². The van der Waals surface area contributed by atoms with Gasteiger partial charge in [-0.05, 0) is 18.9 Å². The van der Waals surface area contributed by atoms with Gasteiger partial charge in [-0.2, -0.15) is 0 Å². The van der Waals surface area contributed by atoms with Crippen molar-refractivity contribution in [2.24, 2.45) is 4.99 Å². The standard InChI is InChI=1S/C12H15NO2S/c1-12(7-8-16(14,15)10-12)13-9-11-5-3-2-4-6-11/h2-6,9H,7-8,10H2,1H3/t12-/m0/s1. The van der Waals surface area contributed by atoms with Crippen LogP contribution < -0.4 is 0 Å². The minimum Gasteiger partial charge on any atom is -0.285 e. The lowest BCUT2D eigenvalue weighted by Crippen LogP contribution is -2.23. The third-order valence-corrected chi connectivity index (χ3v) is 4.70. The molecule has 2 rings (SSSR count). The maximum atomic E-state index is 11.4.